The number of hydrogen-bond acceptors (Lipinski definition) is 3. The van der Waals surface area contributed by atoms with Crippen molar-refractivity contribution in [3.8, 4) is 5.75 Å². The maximum Gasteiger partial charge on any atom is 0.247 e. The molecule has 3 aromatic rings. The van der Waals surface area contributed by atoms with Crippen molar-refractivity contribution in [3.63, 3.8) is 0 Å². The van der Waals surface area contributed by atoms with E-state index in [0.29, 0.717) is 0 Å². The maximum atomic E-state index is 13.1. The molecule has 1 amide bonds. The second-order valence-electron chi connectivity index (χ2n) is 6.50. The third kappa shape index (κ3) is 3.67. The molecule has 0 fully saturated rings. The Morgan fingerprint density at radius 2 is 2.00 bits per heavy atom. The number of rotatable bonds is 4. The summed E-state index contributed by atoms with van der Waals surface area (Å²) in [5.41, 5.74) is 3.35. The average molecular weight is 375 g/mol. The normalized spacial score (nSPS) is 16.3. The average Bonchev–Trinajstić information content (AvgIpc) is 3.21. The molecule has 2 aromatic carbocycles. The smallest absolute Gasteiger partial charge is 0.247 e. The van der Waals surface area contributed by atoms with Crippen LogP contribution in [0.3, 0.4) is 0 Å². The summed E-state index contributed by atoms with van der Waals surface area (Å²) in [5.74, 6) is 0.816. The minimum atomic E-state index is -0.0244. The van der Waals surface area contributed by atoms with Gasteiger partial charge in [-0.1, -0.05) is 42.5 Å². The van der Waals surface area contributed by atoms with E-state index in [1.54, 1.807) is 24.5 Å². The molecule has 2 heterocycles. The highest BCUT2D eigenvalue weighted by Gasteiger charge is 2.31. The number of carbonyl (C=O) groups excluding carboxylic acids is 1. The van der Waals surface area contributed by atoms with Gasteiger partial charge in [0.25, 0.3) is 0 Å². The highest BCUT2D eigenvalue weighted by atomic mass is 32.1. The first-order valence-electron chi connectivity index (χ1n) is 9.00. The third-order valence-electron chi connectivity index (χ3n) is 4.88. The molecule has 0 bridgehead atoms. The predicted octanol–water partition coefficient (Wildman–Crippen LogP) is 4.94. The number of carbonyl (C=O) groups is 1. The molecule has 1 aliphatic rings. The van der Waals surface area contributed by atoms with E-state index in [1.165, 1.54) is 10.4 Å². The van der Waals surface area contributed by atoms with E-state index in [0.717, 1.165) is 29.8 Å². The highest BCUT2D eigenvalue weighted by Crippen LogP contribution is 2.37. The van der Waals surface area contributed by atoms with Crippen LogP contribution in [0, 0.1) is 0 Å². The van der Waals surface area contributed by atoms with Gasteiger partial charge in [-0.05, 0) is 52.8 Å². The summed E-state index contributed by atoms with van der Waals surface area (Å²) in [5, 5.41) is 2.13. The SMILES string of the molecule is COc1cccc(/C=C/C(=O)N2CCc3sccc3[C@@H]2c2ccccc2)c1. The van der Waals surface area contributed by atoms with Crippen molar-refractivity contribution >= 4 is 23.3 Å². The van der Waals surface area contributed by atoms with Crippen LogP contribution >= 0.6 is 11.3 Å². The van der Waals surface area contributed by atoms with Crippen LogP contribution in [0.1, 0.15) is 27.6 Å². The van der Waals surface area contributed by atoms with Gasteiger partial charge in [0.2, 0.25) is 5.91 Å². The first-order valence-corrected chi connectivity index (χ1v) is 9.88. The fourth-order valence-corrected chi connectivity index (χ4v) is 4.46. The summed E-state index contributed by atoms with van der Waals surface area (Å²) >= 11 is 1.78. The molecular formula is C23H21NO2S. The summed E-state index contributed by atoms with van der Waals surface area (Å²) in [6, 6.07) is 20.1. The van der Waals surface area contributed by atoms with Crippen molar-refractivity contribution in [2.75, 3.05) is 13.7 Å². The number of hydrogen-bond donors (Lipinski definition) is 0. The monoisotopic (exact) mass is 375 g/mol. The van der Waals surface area contributed by atoms with Crippen LogP contribution in [-0.4, -0.2) is 24.5 Å². The number of nitrogens with zero attached hydrogens (tertiary/aromatic N) is 1. The molecular weight excluding hydrogens is 354 g/mol. The van der Waals surface area contributed by atoms with E-state index in [4.69, 9.17) is 4.74 Å². The summed E-state index contributed by atoms with van der Waals surface area (Å²) in [4.78, 5) is 16.4. The number of thiophene rings is 1. The number of fused-ring (bicyclic) bond motifs is 1. The van der Waals surface area contributed by atoms with Gasteiger partial charge in [0.05, 0.1) is 13.2 Å². The van der Waals surface area contributed by atoms with Crippen molar-refractivity contribution in [3.05, 3.63) is 93.7 Å². The van der Waals surface area contributed by atoms with E-state index >= 15 is 0 Å². The lowest BCUT2D eigenvalue weighted by Crippen LogP contribution is -2.39. The zero-order chi connectivity index (χ0) is 18.6. The second-order valence-corrected chi connectivity index (χ2v) is 7.50. The maximum absolute atomic E-state index is 13.1. The second kappa shape index (κ2) is 7.80. The van der Waals surface area contributed by atoms with Crippen molar-refractivity contribution in [1.29, 1.82) is 0 Å². The Morgan fingerprint density at radius 1 is 1.15 bits per heavy atom. The molecule has 0 spiro atoms. The number of benzene rings is 2. The quantitative estimate of drug-likeness (QED) is 0.604. The largest absolute Gasteiger partial charge is 0.497 e. The number of methoxy groups -OCH3 is 1. The molecule has 3 nitrogen and oxygen atoms in total. The molecule has 136 valence electrons. The van der Waals surface area contributed by atoms with Crippen LogP contribution in [0.5, 0.6) is 5.75 Å². The lowest BCUT2D eigenvalue weighted by atomic mass is 9.93. The Hall–Kier alpha value is -2.85. The fraction of sp³-hybridized carbons (Fsp3) is 0.174. The van der Waals surface area contributed by atoms with Crippen LogP contribution in [0.15, 0.2) is 72.1 Å². The van der Waals surface area contributed by atoms with E-state index in [2.05, 4.69) is 23.6 Å². The molecule has 1 atom stereocenters. The lowest BCUT2D eigenvalue weighted by Gasteiger charge is -2.35. The third-order valence-corrected chi connectivity index (χ3v) is 5.87. The van der Waals surface area contributed by atoms with Crippen LogP contribution in [0.25, 0.3) is 6.08 Å². The molecule has 1 aliphatic heterocycles. The van der Waals surface area contributed by atoms with E-state index < -0.39 is 0 Å². The Balaban J connectivity index is 1.63. The van der Waals surface area contributed by atoms with E-state index in [9.17, 15) is 4.79 Å². The summed E-state index contributed by atoms with van der Waals surface area (Å²) in [7, 11) is 1.64. The van der Waals surface area contributed by atoms with Gasteiger partial charge in [-0.2, -0.15) is 0 Å². The molecule has 4 rings (SSSR count). The zero-order valence-corrected chi connectivity index (χ0v) is 16.0. The van der Waals surface area contributed by atoms with Crippen molar-refractivity contribution < 1.29 is 9.53 Å². The van der Waals surface area contributed by atoms with Gasteiger partial charge in [-0.15, -0.1) is 11.3 Å². The highest BCUT2D eigenvalue weighted by molar-refractivity contribution is 7.10. The van der Waals surface area contributed by atoms with Gasteiger partial charge in [-0.3, -0.25) is 4.79 Å². The van der Waals surface area contributed by atoms with Gasteiger partial charge in [-0.25, -0.2) is 0 Å². The van der Waals surface area contributed by atoms with Crippen molar-refractivity contribution in [2.24, 2.45) is 0 Å². The van der Waals surface area contributed by atoms with Crippen molar-refractivity contribution in [1.82, 2.24) is 4.90 Å². The molecule has 1 aromatic heterocycles. The molecule has 0 aliphatic carbocycles. The Bertz CT molecular complexity index is 961. The van der Waals surface area contributed by atoms with Gasteiger partial charge in [0.15, 0.2) is 0 Å². The Labute approximate surface area is 163 Å². The lowest BCUT2D eigenvalue weighted by molar-refractivity contribution is -0.127. The number of amides is 1. The molecule has 0 saturated carbocycles. The van der Waals surface area contributed by atoms with Gasteiger partial charge in [0.1, 0.15) is 5.75 Å². The summed E-state index contributed by atoms with van der Waals surface area (Å²) in [6.45, 7) is 0.731. The molecule has 0 N–H and O–H groups in total. The number of ether oxygens (including phenoxy) is 1. The van der Waals surface area contributed by atoms with E-state index in [1.807, 2.05) is 53.4 Å². The molecule has 27 heavy (non-hydrogen) atoms. The first-order chi connectivity index (χ1) is 13.3. The fourth-order valence-electron chi connectivity index (χ4n) is 3.56. The first kappa shape index (κ1) is 17.6. The standard InChI is InChI=1S/C23H21NO2S/c1-26-19-9-5-6-17(16-19)10-11-22(25)24-14-12-21-20(13-15-27-21)23(24)18-7-3-2-4-8-18/h2-11,13,15-16,23H,12,14H2,1H3/b11-10+/t23-/m0/s1. The minimum Gasteiger partial charge on any atom is -0.497 e. The Kier molecular flexibility index (Phi) is 5.07. The van der Waals surface area contributed by atoms with Crippen LogP contribution in [0.2, 0.25) is 0 Å². The molecule has 0 radical (unpaired) electrons. The predicted molar refractivity (Wildman–Crippen MR) is 110 cm³/mol. The zero-order valence-electron chi connectivity index (χ0n) is 15.2. The van der Waals surface area contributed by atoms with Gasteiger partial charge >= 0.3 is 0 Å². The van der Waals surface area contributed by atoms with Gasteiger partial charge < -0.3 is 9.64 Å². The Morgan fingerprint density at radius 3 is 2.81 bits per heavy atom. The molecule has 0 saturated heterocycles. The van der Waals surface area contributed by atoms with Crippen molar-refractivity contribution in [2.45, 2.75) is 12.5 Å². The summed E-state index contributed by atoms with van der Waals surface area (Å²) in [6.07, 6.45) is 4.44. The summed E-state index contributed by atoms with van der Waals surface area (Å²) < 4.78 is 5.25. The topological polar surface area (TPSA) is 29.5 Å². The van der Waals surface area contributed by atoms with Crippen LogP contribution < -0.4 is 4.74 Å². The van der Waals surface area contributed by atoms with Crippen LogP contribution in [0.4, 0.5) is 0 Å². The van der Waals surface area contributed by atoms with E-state index in [-0.39, 0.29) is 11.9 Å². The molecule has 0 unspecified atom stereocenters. The van der Waals surface area contributed by atoms with Crippen LogP contribution in [-0.2, 0) is 11.2 Å². The molecule has 4 heteroatoms. The minimum absolute atomic E-state index is 0.0244. The van der Waals surface area contributed by atoms with Gasteiger partial charge in [0, 0.05) is 17.5 Å².